The molecule has 0 bridgehead atoms. The van der Waals surface area contributed by atoms with E-state index in [4.69, 9.17) is 0 Å². The van der Waals surface area contributed by atoms with Crippen LogP contribution in [0.5, 0.6) is 0 Å². The first kappa shape index (κ1) is 22.0. The molecule has 9 heteroatoms. The lowest BCUT2D eigenvalue weighted by Gasteiger charge is -2.16. The SMILES string of the molecule is CN=C(NCCCC(=O)N1Cc2ccccc2C1)NCc1nnc2ccccn12.I. The van der Waals surface area contributed by atoms with Crippen molar-refractivity contribution >= 4 is 41.5 Å². The zero-order valence-corrected chi connectivity index (χ0v) is 19.2. The summed E-state index contributed by atoms with van der Waals surface area (Å²) in [5.41, 5.74) is 3.32. The number of rotatable bonds is 6. The fourth-order valence-electron chi connectivity index (χ4n) is 3.51. The lowest BCUT2D eigenvalue weighted by atomic mass is 10.1. The van der Waals surface area contributed by atoms with Crippen molar-refractivity contribution in [1.82, 2.24) is 30.1 Å². The van der Waals surface area contributed by atoms with Gasteiger partial charge in [-0.05, 0) is 29.7 Å². The van der Waals surface area contributed by atoms with Crippen LogP contribution in [0.1, 0.15) is 29.8 Å². The number of fused-ring (bicyclic) bond motifs is 2. The van der Waals surface area contributed by atoms with E-state index in [1.807, 2.05) is 45.8 Å². The Morgan fingerprint density at radius 1 is 1.07 bits per heavy atom. The van der Waals surface area contributed by atoms with Gasteiger partial charge in [0.1, 0.15) is 0 Å². The number of guanidine groups is 1. The number of nitrogens with one attached hydrogen (secondary N) is 2. The number of aromatic nitrogens is 3. The number of benzene rings is 1. The van der Waals surface area contributed by atoms with E-state index in [-0.39, 0.29) is 29.9 Å². The number of aliphatic imine (C=N–C) groups is 1. The van der Waals surface area contributed by atoms with Crippen molar-refractivity contribution in [3.05, 3.63) is 65.6 Å². The fourth-order valence-corrected chi connectivity index (χ4v) is 3.51. The van der Waals surface area contributed by atoms with Crippen molar-refractivity contribution < 1.29 is 4.79 Å². The summed E-state index contributed by atoms with van der Waals surface area (Å²) in [7, 11) is 1.73. The molecule has 0 saturated heterocycles. The van der Waals surface area contributed by atoms with Crippen LogP contribution >= 0.6 is 24.0 Å². The molecule has 158 valence electrons. The van der Waals surface area contributed by atoms with Crippen molar-refractivity contribution in [3.63, 3.8) is 0 Å². The summed E-state index contributed by atoms with van der Waals surface area (Å²) in [4.78, 5) is 18.6. The molecule has 8 nitrogen and oxygen atoms in total. The fraction of sp³-hybridized carbons (Fsp3) is 0.333. The second-order valence-corrected chi connectivity index (χ2v) is 7.02. The van der Waals surface area contributed by atoms with E-state index in [2.05, 4.69) is 38.0 Å². The van der Waals surface area contributed by atoms with Gasteiger partial charge in [-0.1, -0.05) is 30.3 Å². The van der Waals surface area contributed by atoms with Crippen molar-refractivity contribution in [3.8, 4) is 0 Å². The van der Waals surface area contributed by atoms with Crippen LogP contribution in [-0.4, -0.2) is 45.0 Å². The molecule has 30 heavy (non-hydrogen) atoms. The molecular weight excluding hydrogens is 493 g/mol. The number of nitrogens with zero attached hydrogens (tertiary/aromatic N) is 5. The quantitative estimate of drug-likeness (QED) is 0.226. The van der Waals surface area contributed by atoms with Gasteiger partial charge in [-0.3, -0.25) is 14.2 Å². The highest BCUT2D eigenvalue weighted by molar-refractivity contribution is 14.0. The number of halogens is 1. The molecule has 1 aliphatic heterocycles. The minimum Gasteiger partial charge on any atom is -0.356 e. The second-order valence-electron chi connectivity index (χ2n) is 7.02. The standard InChI is InChI=1S/C21H25N7O.HI/c1-22-21(24-13-19-26-25-18-9-4-5-12-28(18)19)23-11-6-10-20(29)27-14-16-7-2-3-8-17(16)15-27;/h2-5,7-9,12H,6,10-11,13-15H2,1H3,(H2,22,23,24);1H. The number of hydrogen-bond donors (Lipinski definition) is 2. The van der Waals surface area contributed by atoms with Crippen LogP contribution in [0.25, 0.3) is 5.65 Å². The van der Waals surface area contributed by atoms with Crippen LogP contribution < -0.4 is 10.6 Å². The average molecular weight is 519 g/mol. The van der Waals surface area contributed by atoms with Gasteiger partial charge in [0, 0.05) is 39.3 Å². The third-order valence-electron chi connectivity index (χ3n) is 5.08. The Morgan fingerprint density at radius 3 is 2.53 bits per heavy atom. The van der Waals surface area contributed by atoms with E-state index in [0.717, 1.165) is 31.0 Å². The maximum absolute atomic E-state index is 12.5. The molecule has 0 aliphatic carbocycles. The van der Waals surface area contributed by atoms with Gasteiger partial charge in [0.2, 0.25) is 5.91 Å². The lowest BCUT2D eigenvalue weighted by Crippen LogP contribution is -2.38. The molecule has 1 aliphatic rings. The Kier molecular flexibility index (Phi) is 7.61. The summed E-state index contributed by atoms with van der Waals surface area (Å²) in [6.07, 6.45) is 3.21. The van der Waals surface area contributed by atoms with E-state index in [1.54, 1.807) is 7.05 Å². The topological polar surface area (TPSA) is 86.9 Å². The molecule has 1 aromatic carbocycles. The minimum atomic E-state index is 0. The van der Waals surface area contributed by atoms with E-state index in [9.17, 15) is 4.79 Å². The van der Waals surface area contributed by atoms with Gasteiger partial charge in [-0.15, -0.1) is 34.2 Å². The maximum atomic E-state index is 12.5. The van der Waals surface area contributed by atoms with Crippen LogP contribution in [0.4, 0.5) is 0 Å². The first-order chi connectivity index (χ1) is 14.2. The highest BCUT2D eigenvalue weighted by Crippen LogP contribution is 2.22. The summed E-state index contributed by atoms with van der Waals surface area (Å²) >= 11 is 0. The third-order valence-corrected chi connectivity index (χ3v) is 5.08. The van der Waals surface area contributed by atoms with Crippen LogP contribution in [0, 0.1) is 0 Å². The number of hydrogen-bond acceptors (Lipinski definition) is 4. The van der Waals surface area contributed by atoms with Crippen LogP contribution in [0.3, 0.4) is 0 Å². The van der Waals surface area contributed by atoms with Gasteiger partial charge >= 0.3 is 0 Å². The van der Waals surface area contributed by atoms with Gasteiger partial charge in [-0.25, -0.2) is 0 Å². The monoisotopic (exact) mass is 519 g/mol. The predicted molar refractivity (Wildman–Crippen MR) is 127 cm³/mol. The van der Waals surface area contributed by atoms with E-state index in [1.165, 1.54) is 11.1 Å². The summed E-state index contributed by atoms with van der Waals surface area (Å²) < 4.78 is 1.94. The molecule has 0 atom stereocenters. The zero-order chi connectivity index (χ0) is 20.1. The van der Waals surface area contributed by atoms with Gasteiger partial charge in [0.05, 0.1) is 6.54 Å². The number of pyridine rings is 1. The molecule has 4 rings (SSSR count). The first-order valence-corrected chi connectivity index (χ1v) is 9.82. The molecule has 2 aromatic heterocycles. The Morgan fingerprint density at radius 2 is 1.80 bits per heavy atom. The lowest BCUT2D eigenvalue weighted by molar-refractivity contribution is -0.131. The smallest absolute Gasteiger partial charge is 0.223 e. The van der Waals surface area contributed by atoms with Crippen molar-refractivity contribution in [2.24, 2.45) is 4.99 Å². The summed E-state index contributed by atoms with van der Waals surface area (Å²) in [6.45, 7) is 2.62. The van der Waals surface area contributed by atoms with Gasteiger partial charge in [0.15, 0.2) is 17.4 Å². The summed E-state index contributed by atoms with van der Waals surface area (Å²) in [6, 6.07) is 14.0. The summed E-state index contributed by atoms with van der Waals surface area (Å²) in [5, 5.41) is 14.8. The maximum Gasteiger partial charge on any atom is 0.223 e. The molecule has 3 aromatic rings. The Balaban J connectivity index is 0.00000256. The van der Waals surface area contributed by atoms with Crippen molar-refractivity contribution in [1.29, 1.82) is 0 Å². The van der Waals surface area contributed by atoms with Crippen LogP contribution in [0.2, 0.25) is 0 Å². The highest BCUT2D eigenvalue weighted by atomic mass is 127. The Hall–Kier alpha value is -2.69. The van der Waals surface area contributed by atoms with Crippen molar-refractivity contribution in [2.75, 3.05) is 13.6 Å². The van der Waals surface area contributed by atoms with Crippen LogP contribution in [-0.2, 0) is 24.4 Å². The largest absolute Gasteiger partial charge is 0.356 e. The Bertz CT molecular complexity index is 1010. The van der Waals surface area contributed by atoms with E-state index >= 15 is 0 Å². The van der Waals surface area contributed by atoms with Gasteiger partial charge in [-0.2, -0.15) is 0 Å². The number of carbonyl (C=O) groups is 1. The average Bonchev–Trinajstić information content (AvgIpc) is 3.37. The first-order valence-electron chi connectivity index (χ1n) is 9.82. The zero-order valence-electron chi connectivity index (χ0n) is 16.9. The molecule has 0 unspecified atom stereocenters. The number of amides is 1. The minimum absolute atomic E-state index is 0. The second kappa shape index (κ2) is 10.4. The summed E-state index contributed by atoms with van der Waals surface area (Å²) in [5.74, 6) is 1.69. The van der Waals surface area contributed by atoms with Crippen molar-refractivity contribution in [2.45, 2.75) is 32.5 Å². The molecule has 0 saturated carbocycles. The molecular formula is C21H26IN7O. The molecule has 3 heterocycles. The predicted octanol–water partition coefficient (Wildman–Crippen LogP) is 2.33. The molecule has 0 radical (unpaired) electrons. The molecule has 0 spiro atoms. The van der Waals surface area contributed by atoms with E-state index in [0.29, 0.717) is 25.5 Å². The molecule has 0 fully saturated rings. The molecule has 2 N–H and O–H groups in total. The molecule has 1 amide bonds. The van der Waals surface area contributed by atoms with E-state index < -0.39 is 0 Å². The van der Waals surface area contributed by atoms with Gasteiger partial charge in [0.25, 0.3) is 0 Å². The number of carbonyl (C=O) groups excluding carboxylic acids is 1. The van der Waals surface area contributed by atoms with Gasteiger partial charge < -0.3 is 15.5 Å². The normalized spacial score (nSPS) is 13.1. The van der Waals surface area contributed by atoms with Crippen LogP contribution in [0.15, 0.2) is 53.7 Å². The highest BCUT2D eigenvalue weighted by Gasteiger charge is 2.22. The Labute approximate surface area is 192 Å². The third kappa shape index (κ3) is 5.07.